The third kappa shape index (κ3) is 4.02. The molecule has 1 amide bonds. The average molecular weight is 340 g/mol. The Morgan fingerprint density at radius 3 is 2.20 bits per heavy atom. The molecule has 0 aliphatic heterocycles. The van der Waals surface area contributed by atoms with Crippen molar-refractivity contribution in [2.24, 2.45) is 0 Å². The predicted octanol–water partition coefficient (Wildman–Crippen LogP) is 3.73. The minimum Gasteiger partial charge on any atom is -0.398 e. The van der Waals surface area contributed by atoms with Gasteiger partial charge < -0.3 is 15.7 Å². The Hall–Kier alpha value is -2.33. The van der Waals surface area contributed by atoms with Gasteiger partial charge in [-0.05, 0) is 51.3 Å². The maximum atomic E-state index is 13.2. The number of anilines is 1. The SMILES string of the molecule is CC(C)N(C(=O)c1ccccc1-c1cccc(CCO)c1N)C(C)C. The summed E-state index contributed by atoms with van der Waals surface area (Å²) in [5, 5.41) is 9.23. The molecule has 0 saturated heterocycles. The summed E-state index contributed by atoms with van der Waals surface area (Å²) >= 11 is 0. The van der Waals surface area contributed by atoms with Gasteiger partial charge in [-0.3, -0.25) is 4.79 Å². The molecule has 3 N–H and O–H groups in total. The highest BCUT2D eigenvalue weighted by Crippen LogP contribution is 2.32. The fourth-order valence-corrected chi connectivity index (χ4v) is 3.30. The van der Waals surface area contributed by atoms with Gasteiger partial charge in [-0.2, -0.15) is 0 Å². The summed E-state index contributed by atoms with van der Waals surface area (Å²) in [6, 6.07) is 13.6. The van der Waals surface area contributed by atoms with E-state index in [-0.39, 0.29) is 24.6 Å². The molecule has 0 unspecified atom stereocenters. The molecule has 0 saturated carbocycles. The standard InChI is InChI=1S/C21H28N2O2/c1-14(2)23(15(3)4)21(25)19-10-6-5-9-17(19)18-11-7-8-16(12-13-24)20(18)22/h5-11,14-15,24H,12-13,22H2,1-4H3. The van der Waals surface area contributed by atoms with E-state index < -0.39 is 0 Å². The number of carbonyl (C=O) groups excluding carboxylic acids is 1. The lowest BCUT2D eigenvalue weighted by molar-refractivity contribution is 0.0644. The highest BCUT2D eigenvalue weighted by atomic mass is 16.3. The van der Waals surface area contributed by atoms with Crippen LogP contribution in [-0.4, -0.2) is 34.6 Å². The second-order valence-electron chi connectivity index (χ2n) is 6.80. The van der Waals surface area contributed by atoms with Crippen LogP contribution in [-0.2, 0) is 6.42 Å². The van der Waals surface area contributed by atoms with Crippen molar-refractivity contribution in [1.29, 1.82) is 0 Å². The molecule has 2 aromatic carbocycles. The predicted molar refractivity (Wildman–Crippen MR) is 104 cm³/mol. The molecule has 0 fully saturated rings. The van der Waals surface area contributed by atoms with Crippen LogP contribution in [0.15, 0.2) is 42.5 Å². The Kier molecular flexibility index (Phi) is 6.21. The largest absolute Gasteiger partial charge is 0.398 e. The molecule has 0 bridgehead atoms. The van der Waals surface area contributed by atoms with Crippen LogP contribution >= 0.6 is 0 Å². The van der Waals surface area contributed by atoms with Gasteiger partial charge in [-0.15, -0.1) is 0 Å². The molecule has 2 aromatic rings. The topological polar surface area (TPSA) is 66.6 Å². The van der Waals surface area contributed by atoms with Gasteiger partial charge in [0.15, 0.2) is 0 Å². The van der Waals surface area contributed by atoms with Gasteiger partial charge in [-0.25, -0.2) is 0 Å². The van der Waals surface area contributed by atoms with Gasteiger partial charge >= 0.3 is 0 Å². The third-order valence-corrected chi connectivity index (χ3v) is 4.37. The number of hydrogen-bond donors (Lipinski definition) is 2. The monoisotopic (exact) mass is 340 g/mol. The lowest BCUT2D eigenvalue weighted by Gasteiger charge is -2.31. The van der Waals surface area contributed by atoms with Gasteiger partial charge in [-0.1, -0.05) is 36.4 Å². The molecule has 0 aromatic heterocycles. The first-order valence-corrected chi connectivity index (χ1v) is 8.78. The van der Waals surface area contributed by atoms with Gasteiger partial charge in [0.05, 0.1) is 0 Å². The molecule has 0 aliphatic carbocycles. The van der Waals surface area contributed by atoms with E-state index in [2.05, 4.69) is 0 Å². The number of rotatable bonds is 6. The molecule has 4 heteroatoms. The zero-order valence-corrected chi connectivity index (χ0v) is 15.5. The molecule has 134 valence electrons. The Balaban J connectivity index is 2.56. The van der Waals surface area contributed by atoms with Crippen LogP contribution in [0.2, 0.25) is 0 Å². The molecular weight excluding hydrogens is 312 g/mol. The third-order valence-electron chi connectivity index (χ3n) is 4.37. The van der Waals surface area contributed by atoms with Crippen LogP contribution in [0.4, 0.5) is 5.69 Å². The first kappa shape index (κ1) is 19.0. The number of hydrogen-bond acceptors (Lipinski definition) is 3. The molecule has 0 aliphatic rings. The Morgan fingerprint density at radius 1 is 1.00 bits per heavy atom. The quantitative estimate of drug-likeness (QED) is 0.788. The Morgan fingerprint density at radius 2 is 1.60 bits per heavy atom. The van der Waals surface area contributed by atoms with E-state index in [0.29, 0.717) is 17.7 Å². The van der Waals surface area contributed by atoms with Crippen molar-refractivity contribution in [2.45, 2.75) is 46.2 Å². The van der Waals surface area contributed by atoms with Crippen molar-refractivity contribution in [3.63, 3.8) is 0 Å². The summed E-state index contributed by atoms with van der Waals surface area (Å²) < 4.78 is 0. The molecule has 4 nitrogen and oxygen atoms in total. The van der Waals surface area contributed by atoms with Crippen LogP contribution in [0.3, 0.4) is 0 Å². The van der Waals surface area contributed by atoms with Crippen molar-refractivity contribution in [3.8, 4) is 11.1 Å². The fourth-order valence-electron chi connectivity index (χ4n) is 3.30. The summed E-state index contributed by atoms with van der Waals surface area (Å²) in [5.74, 6) is 0.00700. The van der Waals surface area contributed by atoms with Crippen molar-refractivity contribution in [1.82, 2.24) is 4.90 Å². The highest BCUT2D eigenvalue weighted by molar-refractivity contribution is 6.02. The zero-order valence-electron chi connectivity index (χ0n) is 15.5. The van der Waals surface area contributed by atoms with Crippen molar-refractivity contribution < 1.29 is 9.90 Å². The van der Waals surface area contributed by atoms with Gasteiger partial charge in [0, 0.05) is 35.5 Å². The van der Waals surface area contributed by atoms with E-state index in [1.54, 1.807) is 0 Å². The summed E-state index contributed by atoms with van der Waals surface area (Å²) in [4.78, 5) is 15.1. The van der Waals surface area contributed by atoms with E-state index in [1.165, 1.54) is 0 Å². The first-order valence-electron chi connectivity index (χ1n) is 8.78. The number of nitrogen functional groups attached to an aromatic ring is 1. The molecule has 0 radical (unpaired) electrons. The molecule has 2 rings (SSSR count). The van der Waals surface area contributed by atoms with E-state index in [9.17, 15) is 9.90 Å². The molecular formula is C21H28N2O2. The number of aliphatic hydroxyl groups excluding tert-OH is 1. The maximum absolute atomic E-state index is 13.2. The minimum absolute atomic E-state index is 0.00700. The number of amides is 1. The van der Waals surface area contributed by atoms with Gasteiger partial charge in [0.2, 0.25) is 0 Å². The van der Waals surface area contributed by atoms with Crippen molar-refractivity contribution in [3.05, 3.63) is 53.6 Å². The summed E-state index contributed by atoms with van der Waals surface area (Å²) in [5.41, 5.74) is 10.2. The second-order valence-corrected chi connectivity index (χ2v) is 6.80. The van der Waals surface area contributed by atoms with Crippen LogP contribution in [0.1, 0.15) is 43.6 Å². The van der Waals surface area contributed by atoms with E-state index >= 15 is 0 Å². The average Bonchev–Trinajstić information content (AvgIpc) is 2.56. The van der Waals surface area contributed by atoms with E-state index in [0.717, 1.165) is 16.7 Å². The summed E-state index contributed by atoms with van der Waals surface area (Å²) in [6.07, 6.45) is 0.500. The Bertz CT molecular complexity index is 730. The van der Waals surface area contributed by atoms with Crippen LogP contribution < -0.4 is 5.73 Å². The first-order chi connectivity index (χ1) is 11.9. The molecule has 0 heterocycles. The number of aliphatic hydroxyl groups is 1. The Labute approximate surface area is 150 Å². The second kappa shape index (κ2) is 8.17. The number of carbonyl (C=O) groups is 1. The van der Waals surface area contributed by atoms with E-state index in [1.807, 2.05) is 75.1 Å². The van der Waals surface area contributed by atoms with E-state index in [4.69, 9.17) is 5.73 Å². The fraction of sp³-hybridized carbons (Fsp3) is 0.381. The molecule has 0 spiro atoms. The summed E-state index contributed by atoms with van der Waals surface area (Å²) in [7, 11) is 0. The van der Waals surface area contributed by atoms with Crippen LogP contribution in [0.25, 0.3) is 11.1 Å². The van der Waals surface area contributed by atoms with Gasteiger partial charge in [0.25, 0.3) is 5.91 Å². The van der Waals surface area contributed by atoms with Gasteiger partial charge in [0.1, 0.15) is 0 Å². The number of nitrogens with two attached hydrogens (primary N) is 1. The molecule has 0 atom stereocenters. The number of para-hydroxylation sites is 1. The zero-order chi connectivity index (χ0) is 18.6. The lowest BCUT2D eigenvalue weighted by atomic mass is 9.94. The normalized spacial score (nSPS) is 11.2. The summed E-state index contributed by atoms with van der Waals surface area (Å²) in [6.45, 7) is 8.14. The van der Waals surface area contributed by atoms with Crippen LogP contribution in [0.5, 0.6) is 0 Å². The van der Waals surface area contributed by atoms with Crippen molar-refractivity contribution in [2.75, 3.05) is 12.3 Å². The maximum Gasteiger partial charge on any atom is 0.254 e. The smallest absolute Gasteiger partial charge is 0.254 e. The lowest BCUT2D eigenvalue weighted by Crippen LogP contribution is -2.42. The van der Waals surface area contributed by atoms with Crippen LogP contribution in [0, 0.1) is 0 Å². The number of nitrogens with zero attached hydrogens (tertiary/aromatic N) is 1. The minimum atomic E-state index is 0.00700. The highest BCUT2D eigenvalue weighted by Gasteiger charge is 2.24. The van der Waals surface area contributed by atoms with Crippen molar-refractivity contribution >= 4 is 11.6 Å². The number of benzene rings is 2. The molecule has 25 heavy (non-hydrogen) atoms.